The van der Waals surface area contributed by atoms with Crippen molar-refractivity contribution in [3.8, 4) is 17.3 Å². The first-order valence-corrected chi connectivity index (χ1v) is 8.23. The van der Waals surface area contributed by atoms with E-state index in [-0.39, 0.29) is 0 Å². The van der Waals surface area contributed by atoms with Crippen LogP contribution in [0.1, 0.15) is 16.1 Å². The summed E-state index contributed by atoms with van der Waals surface area (Å²) in [5.41, 5.74) is 2.81. The molecule has 0 amide bonds. The van der Waals surface area contributed by atoms with E-state index in [0.29, 0.717) is 11.4 Å². The molecular formula is C19H12N4S. The number of thiophene rings is 1. The van der Waals surface area contributed by atoms with E-state index in [9.17, 15) is 0 Å². The summed E-state index contributed by atoms with van der Waals surface area (Å²) in [7, 11) is 0. The molecule has 0 aliphatic rings. The van der Waals surface area contributed by atoms with Gasteiger partial charge < -0.3 is 0 Å². The predicted molar refractivity (Wildman–Crippen MR) is 97.3 cm³/mol. The van der Waals surface area contributed by atoms with Crippen molar-refractivity contribution in [3.05, 3.63) is 70.7 Å². The van der Waals surface area contributed by atoms with Gasteiger partial charge in [0, 0.05) is 15.1 Å². The number of fused-ring (bicyclic) bond motifs is 1. The highest BCUT2D eigenvalue weighted by molar-refractivity contribution is 7.19. The molecule has 2 heterocycles. The summed E-state index contributed by atoms with van der Waals surface area (Å²) in [6.45, 7) is 0. The first-order valence-electron chi connectivity index (χ1n) is 7.41. The Balaban J connectivity index is 1.65. The van der Waals surface area contributed by atoms with Crippen LogP contribution in [-0.4, -0.2) is 15.4 Å². The summed E-state index contributed by atoms with van der Waals surface area (Å²) in [6, 6.07) is 20.5. The molecule has 5 heteroatoms. The minimum absolute atomic E-state index is 0.306. The molecule has 0 radical (unpaired) electrons. The van der Waals surface area contributed by atoms with E-state index in [0.717, 1.165) is 11.1 Å². The zero-order valence-corrected chi connectivity index (χ0v) is 13.4. The molecule has 114 valence electrons. The van der Waals surface area contributed by atoms with Gasteiger partial charge in [0.2, 0.25) is 0 Å². The average molecular weight is 328 g/mol. The highest BCUT2D eigenvalue weighted by Crippen LogP contribution is 2.27. The molecular weight excluding hydrogens is 316 g/mol. The maximum Gasteiger partial charge on any atom is 0.190 e. The maximum atomic E-state index is 9.07. The topological polar surface area (TPSA) is 65.4 Å². The van der Waals surface area contributed by atoms with Crippen molar-refractivity contribution >= 4 is 33.6 Å². The van der Waals surface area contributed by atoms with Crippen LogP contribution < -0.4 is 0 Å². The fourth-order valence-corrected chi connectivity index (χ4v) is 3.53. The number of nitriles is 1. The van der Waals surface area contributed by atoms with Crippen molar-refractivity contribution in [1.29, 1.82) is 5.26 Å². The van der Waals surface area contributed by atoms with Crippen LogP contribution in [-0.2, 0) is 0 Å². The van der Waals surface area contributed by atoms with E-state index in [2.05, 4.69) is 57.9 Å². The van der Waals surface area contributed by atoms with Crippen LogP contribution >= 0.6 is 11.3 Å². The number of H-pyrrole nitrogens is 1. The summed E-state index contributed by atoms with van der Waals surface area (Å²) >= 11 is 1.77. The van der Waals surface area contributed by atoms with Crippen LogP contribution in [0.5, 0.6) is 0 Å². The van der Waals surface area contributed by atoms with Crippen molar-refractivity contribution in [1.82, 2.24) is 15.4 Å². The summed E-state index contributed by atoms with van der Waals surface area (Å²) in [4.78, 5) is 1.21. The molecule has 0 bridgehead atoms. The molecule has 0 aliphatic heterocycles. The fraction of sp³-hybridized carbons (Fsp3) is 0. The predicted octanol–water partition coefficient (Wildman–Crippen LogP) is 4.73. The van der Waals surface area contributed by atoms with Crippen LogP contribution in [0.2, 0.25) is 0 Å². The number of nitrogens with one attached hydrogen (secondary N) is 1. The smallest absolute Gasteiger partial charge is 0.190 e. The van der Waals surface area contributed by atoms with Gasteiger partial charge in [-0.3, -0.25) is 0 Å². The van der Waals surface area contributed by atoms with E-state index < -0.39 is 0 Å². The minimum atomic E-state index is 0.306. The molecule has 0 unspecified atom stereocenters. The molecule has 0 spiro atoms. The van der Waals surface area contributed by atoms with Crippen LogP contribution in [0, 0.1) is 11.3 Å². The van der Waals surface area contributed by atoms with E-state index in [1.807, 2.05) is 30.3 Å². The third-order valence-electron chi connectivity index (χ3n) is 3.70. The SMILES string of the molecule is N#Cc1n[nH]nc1-c1cccc(/C=C/c2cc3ccccc3s2)c1. The second-order valence-corrected chi connectivity index (χ2v) is 6.39. The van der Waals surface area contributed by atoms with Gasteiger partial charge in [0.1, 0.15) is 11.8 Å². The average Bonchev–Trinajstić information content (AvgIpc) is 3.26. The van der Waals surface area contributed by atoms with Crippen molar-refractivity contribution in [2.75, 3.05) is 0 Å². The number of aromatic nitrogens is 3. The first kappa shape index (κ1) is 14.4. The van der Waals surface area contributed by atoms with E-state index in [1.54, 1.807) is 11.3 Å². The van der Waals surface area contributed by atoms with E-state index in [1.165, 1.54) is 15.0 Å². The van der Waals surface area contributed by atoms with Gasteiger partial charge in [0.25, 0.3) is 0 Å². The Morgan fingerprint density at radius 2 is 1.92 bits per heavy atom. The lowest BCUT2D eigenvalue weighted by Gasteiger charge is -1.98. The quantitative estimate of drug-likeness (QED) is 0.591. The molecule has 4 nitrogen and oxygen atoms in total. The molecule has 4 rings (SSSR count). The maximum absolute atomic E-state index is 9.07. The largest absolute Gasteiger partial charge is 0.196 e. The molecule has 0 fully saturated rings. The van der Waals surface area contributed by atoms with Crippen molar-refractivity contribution < 1.29 is 0 Å². The lowest BCUT2D eigenvalue weighted by atomic mass is 10.1. The van der Waals surface area contributed by atoms with Crippen LogP contribution in [0.4, 0.5) is 0 Å². The minimum Gasteiger partial charge on any atom is -0.196 e. The Labute approximate surface area is 142 Å². The monoisotopic (exact) mass is 328 g/mol. The highest BCUT2D eigenvalue weighted by atomic mass is 32.1. The normalized spacial score (nSPS) is 11.1. The number of hydrogen-bond donors (Lipinski definition) is 1. The van der Waals surface area contributed by atoms with Gasteiger partial charge >= 0.3 is 0 Å². The third kappa shape index (κ3) is 2.71. The molecule has 0 aliphatic carbocycles. The lowest BCUT2D eigenvalue weighted by molar-refractivity contribution is 0.937. The van der Waals surface area contributed by atoms with Crippen LogP contribution in [0.25, 0.3) is 33.5 Å². The van der Waals surface area contributed by atoms with E-state index in [4.69, 9.17) is 5.26 Å². The number of rotatable bonds is 3. The summed E-state index contributed by atoms with van der Waals surface area (Å²) in [6.07, 6.45) is 4.18. The van der Waals surface area contributed by atoms with Crippen LogP contribution in [0.3, 0.4) is 0 Å². The van der Waals surface area contributed by atoms with Gasteiger partial charge in [-0.05, 0) is 35.2 Å². The molecule has 0 saturated carbocycles. The summed E-state index contributed by atoms with van der Waals surface area (Å²) < 4.78 is 1.28. The zero-order valence-electron chi connectivity index (χ0n) is 12.6. The zero-order chi connectivity index (χ0) is 16.4. The fourth-order valence-electron chi connectivity index (χ4n) is 2.56. The van der Waals surface area contributed by atoms with Crippen LogP contribution in [0.15, 0.2) is 54.6 Å². The molecule has 2 aromatic heterocycles. The number of benzene rings is 2. The Bertz CT molecular complexity index is 1050. The highest BCUT2D eigenvalue weighted by Gasteiger charge is 2.09. The Morgan fingerprint density at radius 1 is 1.00 bits per heavy atom. The Morgan fingerprint density at radius 3 is 2.79 bits per heavy atom. The van der Waals surface area contributed by atoms with Gasteiger partial charge in [-0.25, -0.2) is 0 Å². The molecule has 4 aromatic rings. The third-order valence-corrected chi connectivity index (χ3v) is 4.78. The van der Waals surface area contributed by atoms with Gasteiger partial charge in [-0.1, -0.05) is 42.5 Å². The molecule has 24 heavy (non-hydrogen) atoms. The Hall–Kier alpha value is -3.23. The second kappa shape index (κ2) is 6.11. The van der Waals surface area contributed by atoms with E-state index >= 15 is 0 Å². The number of aromatic amines is 1. The molecule has 0 saturated heterocycles. The van der Waals surface area contributed by atoms with Gasteiger partial charge in [-0.15, -0.1) is 16.4 Å². The number of hydrogen-bond acceptors (Lipinski definition) is 4. The molecule has 2 aromatic carbocycles. The van der Waals surface area contributed by atoms with Crippen molar-refractivity contribution in [2.24, 2.45) is 0 Å². The second-order valence-electron chi connectivity index (χ2n) is 5.28. The molecule has 0 atom stereocenters. The summed E-state index contributed by atoms with van der Waals surface area (Å²) in [5.74, 6) is 0. The Kier molecular flexibility index (Phi) is 3.66. The van der Waals surface area contributed by atoms with Crippen molar-refractivity contribution in [2.45, 2.75) is 0 Å². The van der Waals surface area contributed by atoms with Crippen molar-refractivity contribution in [3.63, 3.8) is 0 Å². The van der Waals surface area contributed by atoms with Gasteiger partial charge in [-0.2, -0.15) is 15.6 Å². The lowest BCUT2D eigenvalue weighted by Crippen LogP contribution is -1.83. The molecule has 1 N–H and O–H groups in total. The van der Waals surface area contributed by atoms with Gasteiger partial charge in [0.05, 0.1) is 0 Å². The first-order chi connectivity index (χ1) is 11.8. The number of nitrogens with zero attached hydrogens (tertiary/aromatic N) is 3. The summed E-state index contributed by atoms with van der Waals surface area (Å²) in [5, 5.41) is 20.7. The van der Waals surface area contributed by atoms with Gasteiger partial charge in [0.15, 0.2) is 5.69 Å². The standard InChI is InChI=1S/C19H12N4S/c20-12-17-19(22-23-21-17)15-6-3-4-13(10-15)8-9-16-11-14-5-1-2-7-18(14)24-16/h1-11H,(H,21,22,23)/b9-8+.